The third-order valence-electron chi connectivity index (χ3n) is 3.12. The van der Waals surface area contributed by atoms with E-state index in [4.69, 9.17) is 9.05 Å². The van der Waals surface area contributed by atoms with E-state index in [1.165, 1.54) is 11.3 Å². The Morgan fingerprint density at radius 1 is 1.32 bits per heavy atom. The first-order valence-electron chi connectivity index (χ1n) is 6.67. The van der Waals surface area contributed by atoms with Crippen LogP contribution in [0.25, 0.3) is 10.6 Å². The first-order chi connectivity index (χ1) is 10.6. The highest BCUT2D eigenvalue weighted by molar-refractivity contribution is 7.13. The predicted octanol–water partition coefficient (Wildman–Crippen LogP) is 2.89. The number of aromatic nitrogens is 3. The number of amides is 1. The van der Waals surface area contributed by atoms with E-state index < -0.39 is 0 Å². The van der Waals surface area contributed by atoms with Crippen LogP contribution in [0, 0.1) is 13.8 Å². The lowest BCUT2D eigenvalue weighted by Gasteiger charge is -2.09. The molecule has 0 aromatic carbocycles. The molecule has 8 heteroatoms. The van der Waals surface area contributed by atoms with Crippen molar-refractivity contribution in [2.45, 2.75) is 26.8 Å². The second kappa shape index (κ2) is 5.72. The Morgan fingerprint density at radius 3 is 2.77 bits per heavy atom. The van der Waals surface area contributed by atoms with Gasteiger partial charge in [-0.3, -0.25) is 4.79 Å². The molecule has 0 saturated carbocycles. The number of rotatable bonds is 4. The van der Waals surface area contributed by atoms with Crippen LogP contribution in [0.2, 0.25) is 0 Å². The number of hydrogen-bond acceptors (Lipinski definition) is 7. The number of nitrogens with one attached hydrogen (secondary N) is 1. The number of carbonyl (C=O) groups excluding carboxylic acids is 1. The molecule has 3 heterocycles. The van der Waals surface area contributed by atoms with Gasteiger partial charge in [-0.25, -0.2) is 0 Å². The van der Waals surface area contributed by atoms with E-state index in [1.54, 1.807) is 20.8 Å². The third kappa shape index (κ3) is 2.64. The van der Waals surface area contributed by atoms with Crippen LogP contribution >= 0.6 is 11.3 Å². The standard InChI is InChI=1S/C14H14N4O3S/c1-7(13-16-9(3)21-18-13)15-14(19)11-8(2)20-17-12(11)10-5-4-6-22-10/h4-7H,1-3H3,(H,15,19). The van der Waals surface area contributed by atoms with Crippen molar-refractivity contribution in [1.29, 1.82) is 0 Å². The van der Waals surface area contributed by atoms with Crippen molar-refractivity contribution < 1.29 is 13.8 Å². The van der Waals surface area contributed by atoms with Crippen LogP contribution in [0.4, 0.5) is 0 Å². The van der Waals surface area contributed by atoms with Gasteiger partial charge in [0.05, 0.1) is 10.9 Å². The zero-order valence-corrected chi connectivity index (χ0v) is 13.1. The van der Waals surface area contributed by atoms with Crippen molar-refractivity contribution in [3.8, 4) is 10.6 Å². The Balaban J connectivity index is 1.85. The highest BCUT2D eigenvalue weighted by atomic mass is 32.1. The van der Waals surface area contributed by atoms with Crippen molar-refractivity contribution in [1.82, 2.24) is 20.6 Å². The van der Waals surface area contributed by atoms with Gasteiger partial charge in [-0.2, -0.15) is 4.98 Å². The Bertz CT molecular complexity index is 791. The van der Waals surface area contributed by atoms with E-state index in [2.05, 4.69) is 20.6 Å². The molecule has 3 aromatic heterocycles. The molecule has 1 unspecified atom stereocenters. The molecule has 22 heavy (non-hydrogen) atoms. The average molecular weight is 318 g/mol. The van der Waals surface area contributed by atoms with Crippen LogP contribution in [-0.2, 0) is 0 Å². The van der Waals surface area contributed by atoms with Gasteiger partial charge < -0.3 is 14.4 Å². The first-order valence-corrected chi connectivity index (χ1v) is 7.55. The van der Waals surface area contributed by atoms with Gasteiger partial charge >= 0.3 is 0 Å². The van der Waals surface area contributed by atoms with Gasteiger partial charge in [0.25, 0.3) is 5.91 Å². The van der Waals surface area contributed by atoms with Crippen molar-refractivity contribution in [2.75, 3.05) is 0 Å². The highest BCUT2D eigenvalue weighted by Gasteiger charge is 2.24. The number of carbonyl (C=O) groups is 1. The van der Waals surface area contributed by atoms with Gasteiger partial charge in [-0.05, 0) is 25.3 Å². The van der Waals surface area contributed by atoms with Crippen molar-refractivity contribution in [3.63, 3.8) is 0 Å². The fraction of sp³-hybridized carbons (Fsp3) is 0.286. The minimum atomic E-state index is -0.379. The molecule has 3 rings (SSSR count). The number of thiophene rings is 1. The van der Waals surface area contributed by atoms with E-state index in [0.717, 1.165) is 4.88 Å². The topological polar surface area (TPSA) is 94.1 Å². The normalized spacial score (nSPS) is 12.3. The summed E-state index contributed by atoms with van der Waals surface area (Å²) in [4.78, 5) is 17.5. The maximum absolute atomic E-state index is 12.5. The minimum Gasteiger partial charge on any atom is -0.360 e. The zero-order valence-electron chi connectivity index (χ0n) is 12.3. The van der Waals surface area contributed by atoms with Crippen LogP contribution in [0.15, 0.2) is 26.6 Å². The highest BCUT2D eigenvalue weighted by Crippen LogP contribution is 2.29. The second-order valence-corrected chi connectivity index (χ2v) is 5.75. The van der Waals surface area contributed by atoms with Gasteiger partial charge in [0.2, 0.25) is 5.89 Å². The largest absolute Gasteiger partial charge is 0.360 e. The molecule has 0 radical (unpaired) electrons. The Kier molecular flexibility index (Phi) is 3.76. The van der Waals surface area contributed by atoms with E-state index in [9.17, 15) is 4.79 Å². The summed E-state index contributed by atoms with van der Waals surface area (Å²) in [5, 5.41) is 12.6. The fourth-order valence-corrected chi connectivity index (χ4v) is 2.76. The Hall–Kier alpha value is -2.48. The van der Waals surface area contributed by atoms with Gasteiger partial charge in [-0.1, -0.05) is 16.4 Å². The molecule has 0 spiro atoms. The Morgan fingerprint density at radius 2 is 2.14 bits per heavy atom. The zero-order chi connectivity index (χ0) is 15.7. The molecule has 0 aliphatic heterocycles. The summed E-state index contributed by atoms with van der Waals surface area (Å²) in [5.74, 6) is 1.07. The molecule has 3 aromatic rings. The maximum atomic E-state index is 12.5. The minimum absolute atomic E-state index is 0.280. The molecule has 0 saturated heterocycles. The van der Waals surface area contributed by atoms with E-state index in [1.807, 2.05) is 17.5 Å². The average Bonchev–Trinajstić information content (AvgIpc) is 3.18. The van der Waals surface area contributed by atoms with E-state index >= 15 is 0 Å². The van der Waals surface area contributed by atoms with Crippen LogP contribution < -0.4 is 5.32 Å². The van der Waals surface area contributed by atoms with E-state index in [-0.39, 0.29) is 11.9 Å². The van der Waals surface area contributed by atoms with Crippen molar-refractivity contribution >= 4 is 17.2 Å². The summed E-state index contributed by atoms with van der Waals surface area (Å²) in [6.45, 7) is 5.20. The molecular formula is C14H14N4O3S. The SMILES string of the molecule is Cc1nc(C(C)NC(=O)c2c(-c3cccs3)noc2C)no1. The van der Waals surface area contributed by atoms with E-state index in [0.29, 0.717) is 28.7 Å². The second-order valence-electron chi connectivity index (χ2n) is 4.81. The molecule has 0 aliphatic rings. The lowest BCUT2D eigenvalue weighted by Crippen LogP contribution is -2.28. The summed E-state index contributed by atoms with van der Waals surface area (Å²) in [6, 6.07) is 3.41. The molecular weight excluding hydrogens is 304 g/mol. The molecule has 114 valence electrons. The molecule has 7 nitrogen and oxygen atoms in total. The monoisotopic (exact) mass is 318 g/mol. The van der Waals surface area contributed by atoms with Crippen molar-refractivity contribution in [2.24, 2.45) is 0 Å². The van der Waals surface area contributed by atoms with Gasteiger partial charge in [0.1, 0.15) is 17.0 Å². The lowest BCUT2D eigenvalue weighted by atomic mass is 10.1. The van der Waals surface area contributed by atoms with Crippen LogP contribution in [-0.4, -0.2) is 21.2 Å². The van der Waals surface area contributed by atoms with Gasteiger partial charge in [0.15, 0.2) is 5.82 Å². The first kappa shape index (κ1) is 14.5. The number of hydrogen-bond donors (Lipinski definition) is 1. The van der Waals surface area contributed by atoms with Gasteiger partial charge in [0, 0.05) is 6.92 Å². The number of aryl methyl sites for hydroxylation is 2. The molecule has 1 amide bonds. The predicted molar refractivity (Wildman–Crippen MR) is 79.5 cm³/mol. The molecule has 1 atom stereocenters. The Labute approximate surface area is 130 Å². The quantitative estimate of drug-likeness (QED) is 0.795. The lowest BCUT2D eigenvalue weighted by molar-refractivity contribution is 0.0937. The fourth-order valence-electron chi connectivity index (χ4n) is 2.05. The molecule has 1 N–H and O–H groups in total. The summed E-state index contributed by atoms with van der Waals surface area (Å²) in [5.41, 5.74) is 0.969. The van der Waals surface area contributed by atoms with Crippen LogP contribution in [0.1, 0.15) is 40.8 Å². The third-order valence-corrected chi connectivity index (χ3v) is 4.00. The number of nitrogens with zero attached hydrogens (tertiary/aromatic N) is 3. The summed E-state index contributed by atoms with van der Waals surface area (Å²) >= 11 is 1.50. The van der Waals surface area contributed by atoms with Crippen LogP contribution in [0.5, 0.6) is 0 Å². The smallest absolute Gasteiger partial charge is 0.257 e. The molecule has 0 aliphatic carbocycles. The summed E-state index contributed by atoms with van der Waals surface area (Å²) in [6.07, 6.45) is 0. The summed E-state index contributed by atoms with van der Waals surface area (Å²) in [7, 11) is 0. The summed E-state index contributed by atoms with van der Waals surface area (Å²) < 4.78 is 10.1. The van der Waals surface area contributed by atoms with Crippen LogP contribution in [0.3, 0.4) is 0 Å². The maximum Gasteiger partial charge on any atom is 0.257 e. The molecule has 0 fully saturated rings. The van der Waals surface area contributed by atoms with Crippen molar-refractivity contribution in [3.05, 3.63) is 40.6 Å². The van der Waals surface area contributed by atoms with Gasteiger partial charge in [-0.15, -0.1) is 11.3 Å². The molecule has 0 bridgehead atoms.